The summed E-state index contributed by atoms with van der Waals surface area (Å²) in [6.07, 6.45) is 2.48. The van der Waals surface area contributed by atoms with Crippen molar-refractivity contribution in [3.8, 4) is 5.75 Å². The molecular formula is C32H47N3O6. The fraction of sp³-hybridized carbons (Fsp3) is 0.562. The van der Waals surface area contributed by atoms with Gasteiger partial charge in [0.2, 0.25) is 0 Å². The Morgan fingerprint density at radius 3 is 2.44 bits per heavy atom. The Morgan fingerprint density at radius 2 is 1.80 bits per heavy atom. The number of carboxylic acids is 1. The Morgan fingerprint density at radius 1 is 1.10 bits per heavy atom. The lowest BCUT2D eigenvalue weighted by molar-refractivity contribution is -0.0177. The van der Waals surface area contributed by atoms with Crippen LogP contribution in [-0.2, 0) is 11.3 Å². The maximum atomic E-state index is 14.1. The quantitative estimate of drug-likeness (QED) is 0.483. The summed E-state index contributed by atoms with van der Waals surface area (Å²) in [4.78, 5) is 31.2. The molecule has 0 bridgehead atoms. The Kier molecular flexibility index (Phi) is 12.0. The van der Waals surface area contributed by atoms with Crippen molar-refractivity contribution in [1.29, 1.82) is 0 Å². The molecule has 4 atom stereocenters. The molecule has 226 valence electrons. The molecule has 0 aliphatic carbocycles. The van der Waals surface area contributed by atoms with E-state index in [1.165, 1.54) is 0 Å². The molecule has 1 aliphatic rings. The Hall–Kier alpha value is -3.14. The normalized spacial score (nSPS) is 21.5. The second kappa shape index (κ2) is 15.2. The van der Waals surface area contributed by atoms with Crippen LogP contribution in [-0.4, -0.2) is 97.6 Å². The van der Waals surface area contributed by atoms with Gasteiger partial charge in [-0.25, -0.2) is 4.79 Å². The molecule has 1 aliphatic heterocycles. The number of carbonyl (C=O) groups excluding carboxylic acids is 1. The molecule has 0 spiro atoms. The number of amides is 1. The van der Waals surface area contributed by atoms with Crippen LogP contribution in [0.25, 0.3) is 0 Å². The number of aliphatic hydroxyl groups excluding tert-OH is 1. The molecule has 0 radical (unpaired) electrons. The molecule has 9 nitrogen and oxygen atoms in total. The summed E-state index contributed by atoms with van der Waals surface area (Å²) in [7, 11) is 5.89. The standard InChI is InChI=1S/C32H47N3O6/c1-22-18-35(23(2)21-36)31(37)28-17-27(33(4)5)14-15-29(28)41-24(3)9-7-8-16-40-30(22)20-34(6)19-25-10-12-26(13-11-25)32(38)39/h10-15,17,22-24,30,36H,7-9,16,18-21H2,1-6H3,(H,38,39)/t22-,23-,24+,30-/m1/s1. The van der Waals surface area contributed by atoms with Gasteiger partial charge in [-0.2, -0.15) is 0 Å². The molecule has 2 aromatic carbocycles. The van der Waals surface area contributed by atoms with E-state index in [0.717, 1.165) is 30.5 Å². The van der Waals surface area contributed by atoms with Crippen LogP contribution in [0.5, 0.6) is 5.75 Å². The molecule has 0 aromatic heterocycles. The predicted molar refractivity (Wildman–Crippen MR) is 161 cm³/mol. The zero-order chi connectivity index (χ0) is 30.1. The highest BCUT2D eigenvalue weighted by atomic mass is 16.5. The number of likely N-dealkylation sites (N-methyl/N-ethyl adjacent to an activating group) is 1. The van der Waals surface area contributed by atoms with Crippen LogP contribution in [0.3, 0.4) is 0 Å². The summed E-state index contributed by atoms with van der Waals surface area (Å²) in [6.45, 7) is 8.11. The van der Waals surface area contributed by atoms with Crippen molar-refractivity contribution >= 4 is 17.6 Å². The number of aliphatic hydroxyl groups is 1. The largest absolute Gasteiger partial charge is 0.490 e. The molecule has 3 rings (SSSR count). The smallest absolute Gasteiger partial charge is 0.335 e. The SMILES string of the molecule is C[C@@H]1CN([C@H](C)CO)C(=O)c2cc(N(C)C)ccc2O[C@@H](C)CCCCO[C@@H]1CN(C)Cc1ccc(C(=O)O)cc1. The third-order valence-electron chi connectivity index (χ3n) is 7.70. The van der Waals surface area contributed by atoms with Gasteiger partial charge in [0, 0.05) is 51.9 Å². The first kappa shape index (κ1) is 32.4. The second-order valence-electron chi connectivity index (χ2n) is 11.6. The highest BCUT2D eigenvalue weighted by Crippen LogP contribution is 2.29. The number of carboxylic acid groups (broad SMARTS) is 1. The number of benzene rings is 2. The van der Waals surface area contributed by atoms with Crippen LogP contribution in [0.4, 0.5) is 5.69 Å². The monoisotopic (exact) mass is 569 g/mol. The lowest BCUT2D eigenvalue weighted by Crippen LogP contribution is -2.47. The van der Waals surface area contributed by atoms with E-state index in [2.05, 4.69) is 11.8 Å². The lowest BCUT2D eigenvalue weighted by atomic mass is 10.0. The Bertz CT molecular complexity index is 1140. The van der Waals surface area contributed by atoms with Crippen LogP contribution in [0.2, 0.25) is 0 Å². The second-order valence-corrected chi connectivity index (χ2v) is 11.6. The first-order chi connectivity index (χ1) is 19.5. The van der Waals surface area contributed by atoms with Gasteiger partial charge in [-0.05, 0) is 76.1 Å². The van der Waals surface area contributed by atoms with Crippen LogP contribution < -0.4 is 9.64 Å². The molecule has 9 heteroatoms. The molecule has 2 aromatic rings. The van der Waals surface area contributed by atoms with E-state index in [9.17, 15) is 19.8 Å². The fourth-order valence-corrected chi connectivity index (χ4v) is 5.09. The molecule has 0 saturated heterocycles. The van der Waals surface area contributed by atoms with Crippen molar-refractivity contribution in [2.24, 2.45) is 5.92 Å². The molecule has 0 fully saturated rings. The van der Waals surface area contributed by atoms with Crippen LogP contribution >= 0.6 is 0 Å². The number of anilines is 1. The zero-order valence-electron chi connectivity index (χ0n) is 25.4. The molecule has 0 unspecified atom stereocenters. The Labute approximate surface area is 244 Å². The lowest BCUT2D eigenvalue weighted by Gasteiger charge is -2.36. The van der Waals surface area contributed by atoms with Gasteiger partial charge in [0.05, 0.1) is 36.0 Å². The molecule has 41 heavy (non-hydrogen) atoms. The van der Waals surface area contributed by atoms with Crippen LogP contribution in [0.1, 0.15) is 66.3 Å². The zero-order valence-corrected chi connectivity index (χ0v) is 25.4. The van der Waals surface area contributed by atoms with Crippen LogP contribution in [0, 0.1) is 5.92 Å². The maximum Gasteiger partial charge on any atom is 0.335 e. The predicted octanol–water partition coefficient (Wildman–Crippen LogP) is 4.38. The van der Waals surface area contributed by atoms with Gasteiger partial charge in [0.15, 0.2) is 0 Å². The third kappa shape index (κ3) is 9.18. The molecule has 1 amide bonds. The summed E-state index contributed by atoms with van der Waals surface area (Å²) in [5.74, 6) is -0.570. The number of carbonyl (C=O) groups is 2. The molecule has 0 saturated carbocycles. The fourth-order valence-electron chi connectivity index (χ4n) is 5.09. The van der Waals surface area contributed by atoms with Crippen molar-refractivity contribution < 1.29 is 29.3 Å². The van der Waals surface area contributed by atoms with E-state index in [1.54, 1.807) is 17.0 Å². The van der Waals surface area contributed by atoms with E-state index < -0.39 is 12.0 Å². The van der Waals surface area contributed by atoms with Gasteiger partial charge in [-0.3, -0.25) is 9.69 Å². The van der Waals surface area contributed by atoms with E-state index in [0.29, 0.717) is 37.6 Å². The van der Waals surface area contributed by atoms with E-state index in [1.807, 2.05) is 70.2 Å². The van der Waals surface area contributed by atoms with Crippen molar-refractivity contribution in [1.82, 2.24) is 9.80 Å². The maximum absolute atomic E-state index is 14.1. The first-order valence-electron chi connectivity index (χ1n) is 14.5. The summed E-state index contributed by atoms with van der Waals surface area (Å²) in [5, 5.41) is 19.3. The van der Waals surface area contributed by atoms with Gasteiger partial charge in [-0.15, -0.1) is 0 Å². The highest BCUT2D eigenvalue weighted by molar-refractivity contribution is 5.98. The summed E-state index contributed by atoms with van der Waals surface area (Å²) in [5.41, 5.74) is 2.67. The van der Waals surface area contributed by atoms with E-state index in [4.69, 9.17) is 9.47 Å². The number of ether oxygens (including phenoxy) is 2. The van der Waals surface area contributed by atoms with Gasteiger partial charge >= 0.3 is 5.97 Å². The molecule has 1 heterocycles. The number of rotatable bonds is 8. The van der Waals surface area contributed by atoms with Crippen molar-refractivity contribution in [2.75, 3.05) is 52.3 Å². The first-order valence-corrected chi connectivity index (χ1v) is 14.5. The summed E-state index contributed by atoms with van der Waals surface area (Å²) < 4.78 is 12.7. The average Bonchev–Trinajstić information content (AvgIpc) is 2.94. The summed E-state index contributed by atoms with van der Waals surface area (Å²) in [6, 6.07) is 12.2. The van der Waals surface area contributed by atoms with E-state index >= 15 is 0 Å². The number of hydrogen-bond acceptors (Lipinski definition) is 7. The van der Waals surface area contributed by atoms with Crippen LogP contribution in [0.15, 0.2) is 42.5 Å². The molecule has 2 N–H and O–H groups in total. The van der Waals surface area contributed by atoms with E-state index in [-0.39, 0.29) is 36.2 Å². The van der Waals surface area contributed by atoms with Gasteiger partial charge in [-0.1, -0.05) is 19.1 Å². The minimum atomic E-state index is -0.940. The molecular weight excluding hydrogens is 522 g/mol. The van der Waals surface area contributed by atoms with Crippen molar-refractivity contribution in [3.05, 3.63) is 59.2 Å². The highest BCUT2D eigenvalue weighted by Gasteiger charge is 2.30. The minimum Gasteiger partial charge on any atom is -0.490 e. The minimum absolute atomic E-state index is 0.0203. The summed E-state index contributed by atoms with van der Waals surface area (Å²) >= 11 is 0. The average molecular weight is 570 g/mol. The van der Waals surface area contributed by atoms with Crippen molar-refractivity contribution in [2.45, 2.75) is 64.8 Å². The van der Waals surface area contributed by atoms with Gasteiger partial charge in [0.25, 0.3) is 5.91 Å². The number of fused-ring (bicyclic) bond motifs is 1. The van der Waals surface area contributed by atoms with Crippen molar-refractivity contribution in [3.63, 3.8) is 0 Å². The topological polar surface area (TPSA) is 103 Å². The number of hydrogen-bond donors (Lipinski definition) is 2. The van der Waals surface area contributed by atoms with Gasteiger partial charge < -0.3 is 29.5 Å². The van der Waals surface area contributed by atoms with Gasteiger partial charge in [0.1, 0.15) is 5.75 Å². The third-order valence-corrected chi connectivity index (χ3v) is 7.70. The number of nitrogens with zero attached hydrogens (tertiary/aromatic N) is 3. The Balaban J connectivity index is 1.87. The number of aromatic carboxylic acids is 1.